The summed E-state index contributed by atoms with van der Waals surface area (Å²) in [6.07, 6.45) is 0.431. The van der Waals surface area contributed by atoms with Gasteiger partial charge in [0.2, 0.25) is 0 Å². The molecule has 0 aliphatic heterocycles. The molecule has 0 spiro atoms. The third-order valence-electron chi connectivity index (χ3n) is 3.05. The first kappa shape index (κ1) is 16.0. The van der Waals surface area contributed by atoms with Crippen LogP contribution in [0.5, 0.6) is 0 Å². The molecule has 0 aromatic heterocycles. The van der Waals surface area contributed by atoms with Crippen LogP contribution >= 0.6 is 0 Å². The molecule has 7 heteroatoms. The topological polar surface area (TPSA) is 127 Å². The third-order valence-corrected chi connectivity index (χ3v) is 3.05. The number of nitrogens with zero attached hydrogens (tertiary/aromatic N) is 1. The molecule has 0 saturated heterocycles. The predicted molar refractivity (Wildman–Crippen MR) is 63.4 cm³/mol. The number of ketones is 2. The van der Waals surface area contributed by atoms with Crippen molar-refractivity contribution in [2.45, 2.75) is 39.2 Å². The van der Waals surface area contributed by atoms with Crippen LogP contribution in [0.15, 0.2) is 4.99 Å². The van der Waals surface area contributed by atoms with Crippen LogP contribution in [0.25, 0.3) is 0 Å². The number of rotatable bonds is 5. The standard InChI is InChI=1S/C13H17NO6/c1-13(2)4-9(15)7(10(16)5-13)6-14-8(12(19)20)3-11(17)18/h6-8H,3-5H2,1-2H3,(H,17,18)(H,19,20)/p-2/t8-/m1/s1. The monoisotopic (exact) mass is 281 g/mol. The van der Waals surface area contributed by atoms with Crippen LogP contribution in [0.3, 0.4) is 0 Å². The Kier molecular flexibility index (Phi) is 4.75. The molecule has 110 valence electrons. The van der Waals surface area contributed by atoms with E-state index in [0.717, 1.165) is 6.21 Å². The van der Waals surface area contributed by atoms with Gasteiger partial charge in [-0.2, -0.15) is 0 Å². The van der Waals surface area contributed by atoms with Crippen molar-refractivity contribution in [2.75, 3.05) is 0 Å². The van der Waals surface area contributed by atoms with Crippen molar-refractivity contribution in [1.29, 1.82) is 0 Å². The van der Waals surface area contributed by atoms with Crippen molar-refractivity contribution in [1.82, 2.24) is 0 Å². The lowest BCUT2D eigenvalue weighted by Gasteiger charge is -2.30. The Balaban J connectivity index is 2.82. The zero-order valence-electron chi connectivity index (χ0n) is 11.3. The molecule has 1 aliphatic carbocycles. The number of aliphatic carboxylic acids is 2. The smallest absolute Gasteiger partial charge is 0.149 e. The van der Waals surface area contributed by atoms with Crippen molar-refractivity contribution in [3.8, 4) is 0 Å². The van der Waals surface area contributed by atoms with Gasteiger partial charge >= 0.3 is 0 Å². The Labute approximate surface area is 115 Å². The van der Waals surface area contributed by atoms with Crippen LogP contribution in [-0.2, 0) is 19.2 Å². The quantitative estimate of drug-likeness (QED) is 0.419. The van der Waals surface area contributed by atoms with Crippen LogP contribution in [-0.4, -0.2) is 35.8 Å². The van der Waals surface area contributed by atoms with Gasteiger partial charge in [0.15, 0.2) is 0 Å². The number of aliphatic imine (C=N–C) groups is 1. The highest BCUT2D eigenvalue weighted by Crippen LogP contribution is 2.33. The molecule has 0 amide bonds. The van der Waals surface area contributed by atoms with E-state index >= 15 is 0 Å². The summed E-state index contributed by atoms with van der Waals surface area (Å²) in [7, 11) is 0. The number of Topliss-reactive ketones (excluding diaryl/α,β-unsaturated/α-hetero) is 2. The molecule has 0 N–H and O–H groups in total. The zero-order chi connectivity index (χ0) is 15.5. The Morgan fingerprint density at radius 1 is 1.30 bits per heavy atom. The molecule has 1 aliphatic rings. The van der Waals surface area contributed by atoms with E-state index in [1.807, 2.05) is 0 Å². The largest absolute Gasteiger partial charge is 0.550 e. The number of carbonyl (C=O) groups is 4. The van der Waals surface area contributed by atoms with Gasteiger partial charge in [-0.25, -0.2) is 0 Å². The molecule has 0 bridgehead atoms. The zero-order valence-corrected chi connectivity index (χ0v) is 11.3. The molecule has 0 heterocycles. The summed E-state index contributed by atoms with van der Waals surface area (Å²) in [6, 6.07) is -1.66. The highest BCUT2D eigenvalue weighted by molar-refractivity contribution is 6.16. The molecule has 7 nitrogen and oxygen atoms in total. The molecule has 20 heavy (non-hydrogen) atoms. The van der Waals surface area contributed by atoms with E-state index < -0.39 is 35.7 Å². The molecule has 1 rings (SSSR count). The molecule has 1 atom stereocenters. The molecule has 0 aromatic carbocycles. The first-order valence-corrected chi connectivity index (χ1v) is 6.12. The van der Waals surface area contributed by atoms with Gasteiger partial charge < -0.3 is 19.8 Å². The maximum Gasteiger partial charge on any atom is 0.149 e. The van der Waals surface area contributed by atoms with E-state index in [2.05, 4.69) is 4.99 Å². The summed E-state index contributed by atoms with van der Waals surface area (Å²) >= 11 is 0. The van der Waals surface area contributed by atoms with Gasteiger partial charge in [0, 0.05) is 31.4 Å². The summed E-state index contributed by atoms with van der Waals surface area (Å²) in [4.78, 5) is 48.2. The SMILES string of the molecule is CC1(C)CC(=O)C(C=N[C@H](CC(=O)[O-])C(=O)[O-])C(=O)C1. The van der Waals surface area contributed by atoms with Crippen LogP contribution in [0, 0.1) is 11.3 Å². The van der Waals surface area contributed by atoms with E-state index in [1.165, 1.54) is 0 Å². The minimum absolute atomic E-state index is 0.186. The van der Waals surface area contributed by atoms with E-state index in [9.17, 15) is 29.4 Å². The van der Waals surface area contributed by atoms with Gasteiger partial charge in [0.05, 0.1) is 12.0 Å². The highest BCUT2D eigenvalue weighted by atomic mass is 16.4. The van der Waals surface area contributed by atoms with Gasteiger partial charge in [-0.3, -0.25) is 14.6 Å². The molecule has 0 unspecified atom stereocenters. The van der Waals surface area contributed by atoms with Crippen molar-refractivity contribution >= 4 is 29.7 Å². The lowest BCUT2D eigenvalue weighted by atomic mass is 9.72. The Hall–Kier alpha value is -2.05. The normalized spacial score (nSPS) is 21.1. The second-order valence-corrected chi connectivity index (χ2v) is 5.64. The third kappa shape index (κ3) is 4.25. The first-order chi connectivity index (χ1) is 9.12. The Morgan fingerprint density at radius 3 is 2.20 bits per heavy atom. The van der Waals surface area contributed by atoms with E-state index in [1.54, 1.807) is 13.8 Å². The average molecular weight is 281 g/mol. The molecule has 1 fully saturated rings. The summed E-state index contributed by atoms with van der Waals surface area (Å²) < 4.78 is 0. The average Bonchev–Trinajstić information content (AvgIpc) is 2.23. The Morgan fingerprint density at radius 2 is 1.80 bits per heavy atom. The van der Waals surface area contributed by atoms with Crippen LogP contribution in [0.1, 0.15) is 33.1 Å². The van der Waals surface area contributed by atoms with E-state index in [-0.39, 0.29) is 24.4 Å². The van der Waals surface area contributed by atoms with E-state index in [0.29, 0.717) is 0 Å². The number of hydrogen-bond acceptors (Lipinski definition) is 7. The van der Waals surface area contributed by atoms with Crippen molar-refractivity contribution in [2.24, 2.45) is 16.3 Å². The lowest BCUT2D eigenvalue weighted by Crippen LogP contribution is -2.41. The summed E-state index contributed by atoms with van der Waals surface area (Å²) in [5, 5.41) is 21.1. The number of carboxylic acid groups (broad SMARTS) is 2. The number of hydrogen-bond donors (Lipinski definition) is 0. The van der Waals surface area contributed by atoms with Crippen molar-refractivity contribution < 1.29 is 29.4 Å². The first-order valence-electron chi connectivity index (χ1n) is 6.12. The van der Waals surface area contributed by atoms with Gasteiger partial charge in [-0.15, -0.1) is 0 Å². The van der Waals surface area contributed by atoms with Crippen LogP contribution < -0.4 is 10.2 Å². The minimum Gasteiger partial charge on any atom is -0.550 e. The maximum absolute atomic E-state index is 11.8. The Bertz CT molecular complexity index is 459. The predicted octanol–water partition coefficient (Wildman–Crippen LogP) is -2.11. The van der Waals surface area contributed by atoms with Crippen LogP contribution in [0.4, 0.5) is 0 Å². The van der Waals surface area contributed by atoms with Crippen molar-refractivity contribution in [3.63, 3.8) is 0 Å². The van der Waals surface area contributed by atoms with Gasteiger partial charge in [-0.05, 0) is 5.41 Å². The molecule has 1 saturated carbocycles. The fraction of sp³-hybridized carbons (Fsp3) is 0.615. The van der Waals surface area contributed by atoms with Crippen molar-refractivity contribution in [3.05, 3.63) is 0 Å². The van der Waals surface area contributed by atoms with Gasteiger partial charge in [-0.1, -0.05) is 13.8 Å². The lowest BCUT2D eigenvalue weighted by molar-refractivity contribution is -0.316. The van der Waals surface area contributed by atoms with Gasteiger partial charge in [0.25, 0.3) is 0 Å². The second-order valence-electron chi connectivity index (χ2n) is 5.64. The number of carboxylic acids is 2. The fourth-order valence-corrected chi connectivity index (χ4v) is 2.12. The number of carbonyl (C=O) groups excluding carboxylic acids is 4. The maximum atomic E-state index is 11.8. The summed E-state index contributed by atoms with van der Waals surface area (Å²) in [5.41, 5.74) is -0.419. The molecular formula is C13H15NO6-2. The second kappa shape index (κ2) is 5.94. The molecule has 0 radical (unpaired) electrons. The molecule has 0 aromatic rings. The summed E-state index contributed by atoms with van der Waals surface area (Å²) in [6.45, 7) is 3.58. The highest BCUT2D eigenvalue weighted by Gasteiger charge is 2.38. The summed E-state index contributed by atoms with van der Waals surface area (Å²) in [5.74, 6) is -5.09. The minimum atomic E-state index is -1.69. The van der Waals surface area contributed by atoms with Crippen LogP contribution in [0.2, 0.25) is 0 Å². The molecular weight excluding hydrogens is 266 g/mol. The fourth-order valence-electron chi connectivity index (χ4n) is 2.12. The van der Waals surface area contributed by atoms with Gasteiger partial charge in [0.1, 0.15) is 17.5 Å². The van der Waals surface area contributed by atoms with E-state index in [4.69, 9.17) is 0 Å².